The summed E-state index contributed by atoms with van der Waals surface area (Å²) in [6, 6.07) is 11.2. The van der Waals surface area contributed by atoms with Crippen molar-refractivity contribution < 1.29 is 17.9 Å². The fourth-order valence-electron chi connectivity index (χ4n) is 3.62. The van der Waals surface area contributed by atoms with E-state index in [9.17, 15) is 13.2 Å². The van der Waals surface area contributed by atoms with Gasteiger partial charge in [-0.1, -0.05) is 12.1 Å². The van der Waals surface area contributed by atoms with Crippen LogP contribution in [0.1, 0.15) is 39.4 Å². The molecular weight excluding hydrogens is 376 g/mol. The first-order valence-electron chi connectivity index (χ1n) is 9.25. The number of carbonyl (C=O) groups is 1. The van der Waals surface area contributed by atoms with Crippen LogP contribution in [-0.2, 0) is 10.0 Å². The normalized spacial score (nSPS) is 17.0. The average molecular weight is 403 g/mol. The summed E-state index contributed by atoms with van der Waals surface area (Å²) in [6.45, 7) is 4.84. The van der Waals surface area contributed by atoms with Crippen molar-refractivity contribution >= 4 is 15.9 Å². The molecule has 1 fully saturated rings. The Bertz CT molecular complexity index is 984. The number of hydrogen-bond acceptors (Lipinski definition) is 4. The molecule has 1 heterocycles. The number of hydrogen-bond donors (Lipinski definition) is 1. The number of benzene rings is 2. The van der Waals surface area contributed by atoms with Crippen LogP contribution in [0.15, 0.2) is 41.3 Å². The Morgan fingerprint density at radius 1 is 1.18 bits per heavy atom. The van der Waals surface area contributed by atoms with E-state index in [0.717, 1.165) is 17.7 Å². The van der Waals surface area contributed by atoms with Crippen LogP contribution >= 0.6 is 0 Å². The zero-order chi connectivity index (χ0) is 20.5. The van der Waals surface area contributed by atoms with Gasteiger partial charge in [0.1, 0.15) is 5.75 Å². The molecule has 0 bridgehead atoms. The molecule has 2 aromatic rings. The zero-order valence-corrected chi connectivity index (χ0v) is 17.5. The van der Waals surface area contributed by atoms with E-state index in [4.69, 9.17) is 4.74 Å². The summed E-state index contributed by atoms with van der Waals surface area (Å²) in [4.78, 5) is 15.0. The number of amides is 1. The smallest absolute Gasteiger partial charge is 0.253 e. The monoisotopic (exact) mass is 402 g/mol. The molecule has 1 N–H and O–H groups in total. The Labute approximate surface area is 166 Å². The largest absolute Gasteiger partial charge is 0.497 e. The standard InChI is InChI=1S/C21H26N2O4S/c1-14-11-18(12-20(15(14)2)28(25,26)22-3)21(24)23-10-9-17(13-23)16-5-7-19(27-4)8-6-16/h5-8,11-12,17,22H,9-10,13H2,1-4H3. The molecule has 0 aromatic heterocycles. The molecule has 28 heavy (non-hydrogen) atoms. The minimum atomic E-state index is -3.62. The molecule has 0 saturated carbocycles. The number of nitrogens with one attached hydrogen (secondary N) is 1. The lowest BCUT2D eigenvalue weighted by molar-refractivity contribution is 0.0790. The first-order valence-corrected chi connectivity index (χ1v) is 10.7. The molecule has 2 aromatic carbocycles. The molecular formula is C21H26N2O4S. The number of ether oxygens (including phenoxy) is 1. The van der Waals surface area contributed by atoms with Crippen LogP contribution in [0.4, 0.5) is 0 Å². The molecule has 1 amide bonds. The maximum Gasteiger partial charge on any atom is 0.253 e. The summed E-state index contributed by atoms with van der Waals surface area (Å²) in [5, 5.41) is 0. The van der Waals surface area contributed by atoms with E-state index in [2.05, 4.69) is 4.72 Å². The Morgan fingerprint density at radius 2 is 1.86 bits per heavy atom. The second kappa shape index (κ2) is 7.93. The number of carbonyl (C=O) groups excluding carboxylic acids is 1. The molecule has 1 atom stereocenters. The van der Waals surface area contributed by atoms with E-state index in [1.807, 2.05) is 31.2 Å². The first-order chi connectivity index (χ1) is 13.3. The Hall–Kier alpha value is -2.38. The van der Waals surface area contributed by atoms with Gasteiger partial charge in [0.2, 0.25) is 10.0 Å². The minimum Gasteiger partial charge on any atom is -0.497 e. The molecule has 1 unspecified atom stereocenters. The van der Waals surface area contributed by atoms with Gasteiger partial charge in [0.25, 0.3) is 5.91 Å². The van der Waals surface area contributed by atoms with Crippen molar-refractivity contribution in [2.24, 2.45) is 0 Å². The van der Waals surface area contributed by atoms with Crippen LogP contribution in [0.5, 0.6) is 5.75 Å². The van der Waals surface area contributed by atoms with Crippen molar-refractivity contribution in [3.8, 4) is 5.75 Å². The van der Waals surface area contributed by atoms with Gasteiger partial charge in [-0.25, -0.2) is 13.1 Å². The van der Waals surface area contributed by atoms with Crippen LogP contribution in [0.25, 0.3) is 0 Å². The van der Waals surface area contributed by atoms with Crippen molar-refractivity contribution in [3.05, 3.63) is 58.7 Å². The third-order valence-electron chi connectivity index (χ3n) is 5.49. The van der Waals surface area contributed by atoms with E-state index in [1.165, 1.54) is 18.7 Å². The summed E-state index contributed by atoms with van der Waals surface area (Å²) in [5.41, 5.74) is 3.02. The molecule has 7 heteroatoms. The van der Waals surface area contributed by atoms with E-state index in [1.54, 1.807) is 25.0 Å². The van der Waals surface area contributed by atoms with E-state index < -0.39 is 10.0 Å². The lowest BCUT2D eigenvalue weighted by atomic mass is 9.98. The molecule has 0 spiro atoms. The van der Waals surface area contributed by atoms with Gasteiger partial charge >= 0.3 is 0 Å². The number of sulfonamides is 1. The van der Waals surface area contributed by atoms with Gasteiger partial charge in [0.05, 0.1) is 12.0 Å². The van der Waals surface area contributed by atoms with Crippen molar-refractivity contribution in [1.29, 1.82) is 0 Å². The topological polar surface area (TPSA) is 75.7 Å². The van der Waals surface area contributed by atoms with Crippen molar-refractivity contribution in [1.82, 2.24) is 9.62 Å². The van der Waals surface area contributed by atoms with Crippen LogP contribution < -0.4 is 9.46 Å². The molecule has 3 rings (SSSR count). The molecule has 1 saturated heterocycles. The zero-order valence-electron chi connectivity index (χ0n) is 16.7. The fourth-order valence-corrected chi connectivity index (χ4v) is 4.68. The van der Waals surface area contributed by atoms with E-state index >= 15 is 0 Å². The first kappa shape index (κ1) is 20.4. The fraction of sp³-hybridized carbons (Fsp3) is 0.381. The van der Waals surface area contributed by atoms with E-state index in [0.29, 0.717) is 24.2 Å². The minimum absolute atomic E-state index is 0.133. The van der Waals surface area contributed by atoms with Crippen LogP contribution in [0.2, 0.25) is 0 Å². The van der Waals surface area contributed by atoms with Crippen molar-refractivity contribution in [2.45, 2.75) is 31.1 Å². The highest BCUT2D eigenvalue weighted by molar-refractivity contribution is 7.89. The molecule has 0 aliphatic carbocycles. The highest BCUT2D eigenvalue weighted by Crippen LogP contribution is 2.30. The van der Waals surface area contributed by atoms with Crippen molar-refractivity contribution in [2.75, 3.05) is 27.2 Å². The molecule has 0 radical (unpaired) electrons. The summed E-state index contributed by atoms with van der Waals surface area (Å²) >= 11 is 0. The van der Waals surface area contributed by atoms with E-state index in [-0.39, 0.29) is 16.7 Å². The summed E-state index contributed by atoms with van der Waals surface area (Å²) in [7, 11) is -0.614. The molecule has 6 nitrogen and oxygen atoms in total. The summed E-state index contributed by atoms with van der Waals surface area (Å²) in [5.74, 6) is 0.941. The molecule has 1 aliphatic rings. The van der Waals surface area contributed by atoms with Gasteiger partial charge in [0.15, 0.2) is 0 Å². The summed E-state index contributed by atoms with van der Waals surface area (Å²) in [6.07, 6.45) is 0.880. The quantitative estimate of drug-likeness (QED) is 0.834. The van der Waals surface area contributed by atoms with Gasteiger partial charge in [-0.2, -0.15) is 0 Å². The second-order valence-corrected chi connectivity index (χ2v) is 8.99. The molecule has 150 valence electrons. The van der Waals surface area contributed by atoms with Crippen LogP contribution in [-0.4, -0.2) is 46.5 Å². The number of methoxy groups -OCH3 is 1. The predicted octanol–water partition coefficient (Wildman–Crippen LogP) is 2.85. The maximum absolute atomic E-state index is 13.0. The number of nitrogens with zero attached hydrogens (tertiary/aromatic N) is 1. The average Bonchev–Trinajstić information content (AvgIpc) is 3.19. The Kier molecular flexibility index (Phi) is 5.76. The van der Waals surface area contributed by atoms with Crippen molar-refractivity contribution in [3.63, 3.8) is 0 Å². The maximum atomic E-state index is 13.0. The predicted molar refractivity (Wildman–Crippen MR) is 108 cm³/mol. The lowest BCUT2D eigenvalue weighted by Crippen LogP contribution is -2.29. The van der Waals surface area contributed by atoms with Gasteiger partial charge in [-0.3, -0.25) is 4.79 Å². The SMILES string of the molecule is CNS(=O)(=O)c1cc(C(=O)N2CCC(c3ccc(OC)cc3)C2)cc(C)c1C. The van der Waals surface area contributed by atoms with Crippen LogP contribution in [0.3, 0.4) is 0 Å². The second-order valence-electron chi connectivity index (χ2n) is 7.13. The number of likely N-dealkylation sites (tertiary alicyclic amines) is 1. The Balaban J connectivity index is 1.83. The van der Waals surface area contributed by atoms with Gasteiger partial charge in [-0.05, 0) is 68.3 Å². The van der Waals surface area contributed by atoms with Crippen LogP contribution in [0, 0.1) is 13.8 Å². The third kappa shape index (κ3) is 3.91. The highest BCUT2D eigenvalue weighted by atomic mass is 32.2. The summed E-state index contributed by atoms with van der Waals surface area (Å²) < 4.78 is 32.2. The molecule has 1 aliphatic heterocycles. The number of aryl methyl sites for hydroxylation is 1. The van der Waals surface area contributed by atoms with Gasteiger partial charge < -0.3 is 9.64 Å². The van der Waals surface area contributed by atoms with Gasteiger partial charge in [0, 0.05) is 24.6 Å². The van der Waals surface area contributed by atoms with Gasteiger partial charge in [-0.15, -0.1) is 0 Å². The third-order valence-corrected chi connectivity index (χ3v) is 7.03. The lowest BCUT2D eigenvalue weighted by Gasteiger charge is -2.19. The Morgan fingerprint density at radius 3 is 2.46 bits per heavy atom. The highest BCUT2D eigenvalue weighted by Gasteiger charge is 2.29. The number of rotatable bonds is 5.